The highest BCUT2D eigenvalue weighted by Gasteiger charge is 2.26. The molecule has 0 nitrogen and oxygen atoms in total. The minimum atomic E-state index is 0.354. The van der Waals surface area contributed by atoms with Gasteiger partial charge in [-0.2, -0.15) is 0 Å². The van der Waals surface area contributed by atoms with Gasteiger partial charge in [-0.3, -0.25) is 0 Å². The first-order valence-electron chi connectivity index (χ1n) is 7.93. The van der Waals surface area contributed by atoms with Gasteiger partial charge in [-0.05, 0) is 55.4 Å². The zero-order valence-corrected chi connectivity index (χ0v) is 13.6. The van der Waals surface area contributed by atoms with Crippen molar-refractivity contribution in [2.45, 2.75) is 66.7 Å². The van der Waals surface area contributed by atoms with Crippen LogP contribution in [0.1, 0.15) is 66.7 Å². The Bertz CT molecular complexity index is 354. The van der Waals surface area contributed by atoms with Crippen LogP contribution in [0, 0.1) is 17.3 Å². The first kappa shape index (κ1) is 16.3. The largest absolute Gasteiger partial charge is 0.103 e. The van der Waals surface area contributed by atoms with E-state index in [0.717, 1.165) is 0 Å². The van der Waals surface area contributed by atoms with Gasteiger partial charge < -0.3 is 0 Å². The Morgan fingerprint density at radius 1 is 1.37 bits per heavy atom. The monoisotopic (exact) mass is 260 g/mol. The Morgan fingerprint density at radius 2 is 2.05 bits per heavy atom. The van der Waals surface area contributed by atoms with E-state index in [-0.39, 0.29) is 0 Å². The van der Waals surface area contributed by atoms with Gasteiger partial charge in [0.1, 0.15) is 0 Å². The second-order valence-corrected chi connectivity index (χ2v) is 6.84. The Hall–Kier alpha value is -0.780. The lowest BCUT2D eigenvalue weighted by Crippen LogP contribution is -2.19. The summed E-state index contributed by atoms with van der Waals surface area (Å²) in [4.78, 5) is 0. The van der Waals surface area contributed by atoms with E-state index in [0.29, 0.717) is 17.3 Å². The molecule has 1 rings (SSSR count). The Kier molecular flexibility index (Phi) is 6.10. The molecule has 1 aliphatic rings. The van der Waals surface area contributed by atoms with E-state index in [1.165, 1.54) is 32.1 Å². The molecule has 0 aromatic rings. The molecule has 0 N–H and O–H groups in total. The second kappa shape index (κ2) is 7.12. The first-order chi connectivity index (χ1) is 8.92. The molecule has 0 bridgehead atoms. The van der Waals surface area contributed by atoms with Crippen molar-refractivity contribution >= 4 is 0 Å². The molecule has 0 saturated heterocycles. The molecule has 0 aromatic carbocycles. The van der Waals surface area contributed by atoms with Gasteiger partial charge in [0.05, 0.1) is 0 Å². The highest BCUT2D eigenvalue weighted by Crippen LogP contribution is 2.41. The van der Waals surface area contributed by atoms with Crippen LogP contribution >= 0.6 is 0 Å². The molecule has 0 fully saturated rings. The van der Waals surface area contributed by atoms with Gasteiger partial charge in [-0.15, -0.1) is 6.58 Å². The molecular weight excluding hydrogens is 228 g/mol. The molecule has 0 spiro atoms. The topological polar surface area (TPSA) is 0 Å². The summed E-state index contributed by atoms with van der Waals surface area (Å²) < 4.78 is 0. The number of hydrogen-bond acceptors (Lipinski definition) is 0. The summed E-state index contributed by atoms with van der Waals surface area (Å²) in [5.41, 5.74) is 3.53. The summed E-state index contributed by atoms with van der Waals surface area (Å²) in [6.45, 7) is 15.6. The average Bonchev–Trinajstić information content (AvgIpc) is 2.35. The van der Waals surface area contributed by atoms with Gasteiger partial charge in [-0.1, -0.05) is 57.9 Å². The minimum absolute atomic E-state index is 0.354. The Labute approximate surface area is 120 Å². The van der Waals surface area contributed by atoms with E-state index in [9.17, 15) is 0 Å². The fourth-order valence-electron chi connectivity index (χ4n) is 3.27. The summed E-state index contributed by atoms with van der Waals surface area (Å²) >= 11 is 0. The smallest absolute Gasteiger partial charge is 0.0104 e. The van der Waals surface area contributed by atoms with E-state index in [1.807, 2.05) is 0 Å². The average molecular weight is 260 g/mol. The zero-order valence-electron chi connectivity index (χ0n) is 13.6. The maximum atomic E-state index is 3.96. The van der Waals surface area contributed by atoms with Crippen LogP contribution < -0.4 is 0 Å². The Morgan fingerprint density at radius 3 is 2.58 bits per heavy atom. The summed E-state index contributed by atoms with van der Waals surface area (Å²) in [5, 5.41) is 0. The summed E-state index contributed by atoms with van der Waals surface area (Å²) in [5.74, 6) is 1.21. The third kappa shape index (κ3) is 4.37. The van der Waals surface area contributed by atoms with E-state index < -0.39 is 0 Å². The van der Waals surface area contributed by atoms with Crippen molar-refractivity contribution in [3.05, 3.63) is 36.0 Å². The molecule has 0 aliphatic heterocycles. The maximum absolute atomic E-state index is 3.96. The molecular formula is C19H32. The maximum Gasteiger partial charge on any atom is -0.0104 e. The SMILES string of the molecule is C=C[C@@H](C)[C@@H](/C=C/C1=C(C)CCCC1(C)C)CCC. The molecule has 0 unspecified atom stereocenters. The standard InChI is InChI=1S/C19H32/c1-7-10-17(15(3)8-2)12-13-18-16(4)11-9-14-19(18,5)6/h8,12-13,15,17H,2,7,9-11,14H2,1,3-6H3/b13-12+/t15-,17-/m1/s1. The van der Waals surface area contributed by atoms with E-state index >= 15 is 0 Å². The highest BCUT2D eigenvalue weighted by molar-refractivity contribution is 5.33. The van der Waals surface area contributed by atoms with Gasteiger partial charge >= 0.3 is 0 Å². The molecule has 108 valence electrons. The van der Waals surface area contributed by atoms with Crippen LogP contribution in [-0.2, 0) is 0 Å². The van der Waals surface area contributed by atoms with Crippen LogP contribution in [0.3, 0.4) is 0 Å². The zero-order chi connectivity index (χ0) is 14.5. The number of allylic oxidation sites excluding steroid dienone is 5. The lowest BCUT2D eigenvalue weighted by atomic mass is 9.72. The molecule has 0 saturated carbocycles. The van der Waals surface area contributed by atoms with Crippen LogP contribution in [-0.4, -0.2) is 0 Å². The summed E-state index contributed by atoms with van der Waals surface area (Å²) in [7, 11) is 0. The normalized spacial score (nSPS) is 22.6. The lowest BCUT2D eigenvalue weighted by molar-refractivity contribution is 0.375. The second-order valence-electron chi connectivity index (χ2n) is 6.84. The van der Waals surface area contributed by atoms with Crippen molar-refractivity contribution in [1.82, 2.24) is 0 Å². The van der Waals surface area contributed by atoms with Crippen LogP contribution in [0.25, 0.3) is 0 Å². The van der Waals surface area contributed by atoms with Crippen LogP contribution in [0.4, 0.5) is 0 Å². The van der Waals surface area contributed by atoms with Gasteiger partial charge in [0.25, 0.3) is 0 Å². The molecule has 0 heteroatoms. The molecule has 19 heavy (non-hydrogen) atoms. The lowest BCUT2D eigenvalue weighted by Gasteiger charge is -2.33. The van der Waals surface area contributed by atoms with Crippen molar-refractivity contribution in [3.8, 4) is 0 Å². The van der Waals surface area contributed by atoms with Gasteiger partial charge in [0.15, 0.2) is 0 Å². The molecule has 0 radical (unpaired) electrons. The van der Waals surface area contributed by atoms with Crippen LogP contribution in [0.5, 0.6) is 0 Å². The first-order valence-corrected chi connectivity index (χ1v) is 7.93. The van der Waals surface area contributed by atoms with E-state index in [4.69, 9.17) is 0 Å². The summed E-state index contributed by atoms with van der Waals surface area (Å²) in [6.07, 6.45) is 13.4. The van der Waals surface area contributed by atoms with Crippen molar-refractivity contribution in [3.63, 3.8) is 0 Å². The highest BCUT2D eigenvalue weighted by atomic mass is 14.3. The molecule has 2 atom stereocenters. The minimum Gasteiger partial charge on any atom is -0.103 e. The molecule has 0 amide bonds. The third-order valence-electron chi connectivity index (χ3n) is 4.72. The van der Waals surface area contributed by atoms with Gasteiger partial charge in [0.2, 0.25) is 0 Å². The van der Waals surface area contributed by atoms with E-state index in [1.54, 1.807) is 11.1 Å². The quantitative estimate of drug-likeness (QED) is 0.491. The molecule has 0 aromatic heterocycles. The fraction of sp³-hybridized carbons (Fsp3) is 0.684. The number of hydrogen-bond donors (Lipinski definition) is 0. The van der Waals surface area contributed by atoms with Crippen LogP contribution in [0.15, 0.2) is 36.0 Å². The van der Waals surface area contributed by atoms with Crippen molar-refractivity contribution in [1.29, 1.82) is 0 Å². The molecule has 0 heterocycles. The van der Waals surface area contributed by atoms with Gasteiger partial charge in [-0.25, -0.2) is 0 Å². The number of rotatable bonds is 6. The van der Waals surface area contributed by atoms with Crippen molar-refractivity contribution < 1.29 is 0 Å². The van der Waals surface area contributed by atoms with Crippen molar-refractivity contribution in [2.24, 2.45) is 17.3 Å². The van der Waals surface area contributed by atoms with Crippen LogP contribution in [0.2, 0.25) is 0 Å². The molecule has 1 aliphatic carbocycles. The van der Waals surface area contributed by atoms with Crippen molar-refractivity contribution in [2.75, 3.05) is 0 Å². The Balaban J connectivity index is 2.90. The summed E-state index contributed by atoms with van der Waals surface area (Å²) in [6, 6.07) is 0. The predicted octanol–water partition coefficient (Wildman–Crippen LogP) is 6.31. The van der Waals surface area contributed by atoms with E-state index in [2.05, 4.69) is 59.4 Å². The fourth-order valence-corrected chi connectivity index (χ4v) is 3.27. The third-order valence-corrected chi connectivity index (χ3v) is 4.72. The predicted molar refractivity (Wildman–Crippen MR) is 87.2 cm³/mol. The van der Waals surface area contributed by atoms with Gasteiger partial charge in [0, 0.05) is 0 Å².